The van der Waals surface area contributed by atoms with Crippen molar-refractivity contribution in [1.29, 1.82) is 0 Å². The molecule has 0 aliphatic carbocycles. The van der Waals surface area contributed by atoms with E-state index in [1.54, 1.807) is 0 Å². The predicted octanol–water partition coefficient (Wildman–Crippen LogP) is 1.55. The van der Waals surface area contributed by atoms with Gasteiger partial charge in [-0.15, -0.1) is 0 Å². The topological polar surface area (TPSA) is 38.0 Å². The first kappa shape index (κ1) is 8.64. The van der Waals surface area contributed by atoms with Crippen LogP contribution in [0.5, 0.6) is 0 Å². The Hall–Kier alpha value is -0.450. The molecule has 0 spiro atoms. The summed E-state index contributed by atoms with van der Waals surface area (Å²) in [6.07, 6.45) is 0. The Morgan fingerprint density at radius 1 is 1.45 bits per heavy atom. The molecule has 60 valence electrons. The van der Waals surface area contributed by atoms with Crippen LogP contribution in [-0.2, 0) is 6.54 Å². The third-order valence-corrected chi connectivity index (χ3v) is 1.69. The van der Waals surface area contributed by atoms with Crippen molar-refractivity contribution in [3.8, 4) is 0 Å². The lowest BCUT2D eigenvalue weighted by atomic mass is 10.2. The zero-order valence-corrected chi connectivity index (χ0v) is 7.36. The predicted molar refractivity (Wildman–Crippen MR) is 45.1 cm³/mol. The zero-order valence-electron chi connectivity index (χ0n) is 5.77. The van der Waals surface area contributed by atoms with Gasteiger partial charge in [-0.2, -0.15) is 0 Å². The van der Waals surface area contributed by atoms with E-state index in [2.05, 4.69) is 21.4 Å². The number of hydrazine groups is 1. The van der Waals surface area contributed by atoms with Crippen LogP contribution in [0, 0.1) is 5.82 Å². The largest absolute Gasteiger partial charge is 0.271 e. The SMILES string of the molecule is NNCc1cc(F)cc(Br)c1. The molecule has 0 bridgehead atoms. The van der Waals surface area contributed by atoms with Gasteiger partial charge >= 0.3 is 0 Å². The fourth-order valence-corrected chi connectivity index (χ4v) is 1.34. The number of halogens is 2. The Kier molecular flexibility index (Phi) is 2.99. The molecule has 1 aromatic carbocycles. The maximum atomic E-state index is 12.7. The molecule has 1 aromatic rings. The van der Waals surface area contributed by atoms with Crippen LogP contribution in [0.25, 0.3) is 0 Å². The van der Waals surface area contributed by atoms with Gasteiger partial charge in [-0.25, -0.2) is 4.39 Å². The first-order chi connectivity index (χ1) is 5.22. The van der Waals surface area contributed by atoms with E-state index in [1.807, 2.05) is 6.07 Å². The summed E-state index contributed by atoms with van der Waals surface area (Å²) >= 11 is 3.17. The smallest absolute Gasteiger partial charge is 0.124 e. The molecule has 0 radical (unpaired) electrons. The minimum Gasteiger partial charge on any atom is -0.271 e. The molecule has 0 saturated carbocycles. The summed E-state index contributed by atoms with van der Waals surface area (Å²) in [6.45, 7) is 0.469. The monoisotopic (exact) mass is 218 g/mol. The summed E-state index contributed by atoms with van der Waals surface area (Å²) in [4.78, 5) is 0. The van der Waals surface area contributed by atoms with Crippen LogP contribution in [-0.4, -0.2) is 0 Å². The molecule has 4 heteroatoms. The van der Waals surface area contributed by atoms with Crippen molar-refractivity contribution in [2.24, 2.45) is 5.84 Å². The van der Waals surface area contributed by atoms with Crippen LogP contribution in [0.15, 0.2) is 22.7 Å². The number of rotatable bonds is 2. The van der Waals surface area contributed by atoms with E-state index < -0.39 is 0 Å². The molecule has 2 nitrogen and oxygen atoms in total. The second kappa shape index (κ2) is 3.80. The second-order valence-corrected chi connectivity index (χ2v) is 3.07. The standard InChI is InChI=1S/C7H8BrFN2/c8-6-1-5(4-11-10)2-7(9)3-6/h1-3,11H,4,10H2. The Labute approximate surface area is 72.7 Å². The lowest BCUT2D eigenvalue weighted by Gasteiger charge is -2.00. The lowest BCUT2D eigenvalue weighted by molar-refractivity contribution is 0.621. The highest BCUT2D eigenvalue weighted by Crippen LogP contribution is 2.14. The number of nitrogens with two attached hydrogens (primary N) is 1. The molecule has 0 unspecified atom stereocenters. The Balaban J connectivity index is 2.89. The highest BCUT2D eigenvalue weighted by Gasteiger charge is 1.96. The first-order valence-electron chi connectivity index (χ1n) is 3.11. The molecule has 0 heterocycles. The molecule has 0 aromatic heterocycles. The molecular formula is C7H8BrFN2. The molecule has 0 atom stereocenters. The number of hydrogen-bond acceptors (Lipinski definition) is 2. The van der Waals surface area contributed by atoms with Gasteiger partial charge < -0.3 is 0 Å². The van der Waals surface area contributed by atoms with Gasteiger partial charge in [0.05, 0.1) is 0 Å². The van der Waals surface area contributed by atoms with Crippen LogP contribution in [0.4, 0.5) is 4.39 Å². The minimum atomic E-state index is -0.260. The maximum Gasteiger partial charge on any atom is 0.124 e. The van der Waals surface area contributed by atoms with E-state index >= 15 is 0 Å². The zero-order chi connectivity index (χ0) is 8.27. The summed E-state index contributed by atoms with van der Waals surface area (Å²) in [5, 5.41) is 0. The molecular weight excluding hydrogens is 211 g/mol. The highest BCUT2D eigenvalue weighted by atomic mass is 79.9. The van der Waals surface area contributed by atoms with E-state index in [0.29, 0.717) is 6.54 Å². The van der Waals surface area contributed by atoms with E-state index in [-0.39, 0.29) is 5.82 Å². The van der Waals surface area contributed by atoms with Crippen molar-refractivity contribution in [1.82, 2.24) is 5.43 Å². The Morgan fingerprint density at radius 3 is 2.73 bits per heavy atom. The molecule has 0 saturated heterocycles. The summed E-state index contributed by atoms with van der Waals surface area (Å²) in [7, 11) is 0. The fraction of sp³-hybridized carbons (Fsp3) is 0.143. The number of nitrogens with one attached hydrogen (secondary N) is 1. The van der Waals surface area contributed by atoms with Gasteiger partial charge in [0.1, 0.15) is 5.82 Å². The average molecular weight is 219 g/mol. The van der Waals surface area contributed by atoms with Crippen LogP contribution in [0.2, 0.25) is 0 Å². The van der Waals surface area contributed by atoms with E-state index in [4.69, 9.17) is 5.84 Å². The van der Waals surface area contributed by atoms with Crippen molar-refractivity contribution in [2.45, 2.75) is 6.54 Å². The van der Waals surface area contributed by atoms with Crippen LogP contribution in [0.3, 0.4) is 0 Å². The van der Waals surface area contributed by atoms with Gasteiger partial charge in [0.25, 0.3) is 0 Å². The summed E-state index contributed by atoms with van der Waals surface area (Å²) in [5.41, 5.74) is 3.27. The molecule has 1 rings (SSSR count). The van der Waals surface area contributed by atoms with Gasteiger partial charge in [-0.05, 0) is 23.8 Å². The second-order valence-electron chi connectivity index (χ2n) is 2.16. The normalized spacial score (nSPS) is 10.1. The summed E-state index contributed by atoms with van der Waals surface area (Å²) < 4.78 is 13.4. The minimum absolute atomic E-state index is 0.260. The van der Waals surface area contributed by atoms with Crippen LogP contribution >= 0.6 is 15.9 Å². The molecule has 0 fully saturated rings. The van der Waals surface area contributed by atoms with Crippen molar-refractivity contribution in [2.75, 3.05) is 0 Å². The maximum absolute atomic E-state index is 12.7. The van der Waals surface area contributed by atoms with E-state index in [9.17, 15) is 4.39 Å². The summed E-state index contributed by atoms with van der Waals surface area (Å²) in [6, 6.07) is 4.65. The fourth-order valence-electron chi connectivity index (χ4n) is 0.831. The van der Waals surface area contributed by atoms with Gasteiger partial charge in [0, 0.05) is 11.0 Å². The van der Waals surface area contributed by atoms with Crippen molar-refractivity contribution in [3.63, 3.8) is 0 Å². The van der Waals surface area contributed by atoms with Gasteiger partial charge in [0.2, 0.25) is 0 Å². The first-order valence-corrected chi connectivity index (χ1v) is 3.90. The molecule has 3 N–H and O–H groups in total. The van der Waals surface area contributed by atoms with Crippen LogP contribution in [0.1, 0.15) is 5.56 Å². The molecule has 11 heavy (non-hydrogen) atoms. The van der Waals surface area contributed by atoms with Gasteiger partial charge in [0.15, 0.2) is 0 Å². The Morgan fingerprint density at radius 2 is 2.18 bits per heavy atom. The Bertz CT molecular complexity index is 232. The van der Waals surface area contributed by atoms with E-state index in [1.165, 1.54) is 12.1 Å². The molecule has 0 aliphatic rings. The van der Waals surface area contributed by atoms with Crippen molar-refractivity contribution >= 4 is 15.9 Å². The molecule has 0 amide bonds. The third kappa shape index (κ3) is 2.57. The van der Waals surface area contributed by atoms with Crippen LogP contribution < -0.4 is 11.3 Å². The molecule has 0 aliphatic heterocycles. The van der Waals surface area contributed by atoms with Crippen molar-refractivity contribution in [3.05, 3.63) is 34.1 Å². The quantitative estimate of drug-likeness (QED) is 0.585. The number of hydrogen-bond donors (Lipinski definition) is 2. The van der Waals surface area contributed by atoms with Gasteiger partial charge in [-0.1, -0.05) is 15.9 Å². The third-order valence-electron chi connectivity index (χ3n) is 1.23. The highest BCUT2D eigenvalue weighted by molar-refractivity contribution is 9.10. The number of benzene rings is 1. The van der Waals surface area contributed by atoms with E-state index in [0.717, 1.165) is 10.0 Å². The van der Waals surface area contributed by atoms with Crippen molar-refractivity contribution < 1.29 is 4.39 Å². The van der Waals surface area contributed by atoms with Gasteiger partial charge in [-0.3, -0.25) is 11.3 Å². The average Bonchev–Trinajstić information content (AvgIpc) is 1.85. The summed E-state index contributed by atoms with van der Waals surface area (Å²) in [5.74, 6) is 4.81. The lowest BCUT2D eigenvalue weighted by Crippen LogP contribution is -2.20.